The lowest BCUT2D eigenvalue weighted by atomic mass is 10.1. The van der Waals surface area contributed by atoms with Crippen molar-refractivity contribution in [3.8, 4) is 0 Å². The zero-order valence-corrected chi connectivity index (χ0v) is 14.8. The van der Waals surface area contributed by atoms with Gasteiger partial charge >= 0.3 is 5.97 Å². The molecule has 2 heterocycles. The molecule has 0 saturated heterocycles. The lowest BCUT2D eigenvalue weighted by Crippen LogP contribution is -2.18. The SMILES string of the molecule is Cc1nc2ncnn2c(C)c1CCC(=O)OC(C)Cc1ccccc1. The third-order valence-electron chi connectivity index (χ3n) is 4.27. The van der Waals surface area contributed by atoms with Crippen molar-refractivity contribution >= 4 is 11.7 Å². The van der Waals surface area contributed by atoms with Crippen LogP contribution in [-0.4, -0.2) is 31.7 Å². The van der Waals surface area contributed by atoms with E-state index in [4.69, 9.17) is 4.74 Å². The average Bonchev–Trinajstić information content (AvgIpc) is 3.03. The van der Waals surface area contributed by atoms with Gasteiger partial charge in [-0.1, -0.05) is 30.3 Å². The molecule has 6 heteroatoms. The van der Waals surface area contributed by atoms with E-state index in [0.717, 1.165) is 28.9 Å². The van der Waals surface area contributed by atoms with Crippen molar-refractivity contribution in [3.05, 3.63) is 59.2 Å². The second-order valence-electron chi connectivity index (χ2n) is 6.22. The minimum atomic E-state index is -0.194. The summed E-state index contributed by atoms with van der Waals surface area (Å²) in [5.74, 6) is 0.388. The molecule has 0 radical (unpaired) electrons. The maximum Gasteiger partial charge on any atom is 0.306 e. The molecule has 3 rings (SSSR count). The lowest BCUT2D eigenvalue weighted by Gasteiger charge is -2.14. The molecule has 0 fully saturated rings. The van der Waals surface area contributed by atoms with Gasteiger partial charge in [-0.05, 0) is 38.3 Å². The third-order valence-corrected chi connectivity index (χ3v) is 4.27. The van der Waals surface area contributed by atoms with E-state index in [9.17, 15) is 4.79 Å². The predicted octanol–water partition coefficient (Wildman–Crippen LogP) is 2.85. The smallest absolute Gasteiger partial charge is 0.306 e. The number of ether oxygens (including phenoxy) is 1. The average molecular weight is 338 g/mol. The Balaban J connectivity index is 1.59. The largest absolute Gasteiger partial charge is 0.462 e. The number of esters is 1. The first-order valence-electron chi connectivity index (χ1n) is 8.44. The molecule has 1 unspecified atom stereocenters. The molecular weight excluding hydrogens is 316 g/mol. The van der Waals surface area contributed by atoms with Crippen LogP contribution in [0.4, 0.5) is 0 Å². The Morgan fingerprint density at radius 2 is 2.00 bits per heavy atom. The van der Waals surface area contributed by atoms with Gasteiger partial charge in [0.25, 0.3) is 5.78 Å². The highest BCUT2D eigenvalue weighted by molar-refractivity contribution is 5.70. The van der Waals surface area contributed by atoms with Gasteiger partial charge in [-0.2, -0.15) is 10.1 Å². The number of rotatable bonds is 6. The highest BCUT2D eigenvalue weighted by Crippen LogP contribution is 2.15. The lowest BCUT2D eigenvalue weighted by molar-refractivity contribution is -0.148. The molecule has 1 atom stereocenters. The molecule has 3 aromatic rings. The molecular formula is C19H22N4O2. The van der Waals surface area contributed by atoms with Gasteiger partial charge in [-0.15, -0.1) is 0 Å². The van der Waals surface area contributed by atoms with Crippen LogP contribution in [0.3, 0.4) is 0 Å². The predicted molar refractivity (Wildman–Crippen MR) is 94.3 cm³/mol. The number of carbonyl (C=O) groups is 1. The minimum absolute atomic E-state index is 0.145. The number of fused-ring (bicyclic) bond motifs is 1. The van der Waals surface area contributed by atoms with Crippen LogP contribution >= 0.6 is 0 Å². The quantitative estimate of drug-likeness (QED) is 0.647. The molecule has 0 aliphatic heterocycles. The second-order valence-corrected chi connectivity index (χ2v) is 6.22. The zero-order valence-electron chi connectivity index (χ0n) is 14.8. The number of carbonyl (C=O) groups excluding carboxylic acids is 1. The van der Waals surface area contributed by atoms with Crippen molar-refractivity contribution in [3.63, 3.8) is 0 Å². The maximum absolute atomic E-state index is 12.2. The molecule has 1 aromatic carbocycles. The van der Waals surface area contributed by atoms with E-state index in [0.29, 0.717) is 18.6 Å². The maximum atomic E-state index is 12.2. The van der Waals surface area contributed by atoms with E-state index < -0.39 is 0 Å². The number of nitrogens with zero attached hydrogens (tertiary/aromatic N) is 4. The Kier molecular flexibility index (Phi) is 5.07. The summed E-state index contributed by atoms with van der Waals surface area (Å²) >= 11 is 0. The van der Waals surface area contributed by atoms with Gasteiger partial charge in [-0.3, -0.25) is 4.79 Å². The number of aromatic nitrogens is 4. The topological polar surface area (TPSA) is 69.4 Å². The van der Waals surface area contributed by atoms with E-state index in [1.54, 1.807) is 4.52 Å². The van der Waals surface area contributed by atoms with Gasteiger partial charge < -0.3 is 4.74 Å². The Labute approximate surface area is 146 Å². The molecule has 0 spiro atoms. The summed E-state index contributed by atoms with van der Waals surface area (Å²) in [4.78, 5) is 20.7. The summed E-state index contributed by atoms with van der Waals surface area (Å²) in [5.41, 5.74) is 4.02. The fourth-order valence-corrected chi connectivity index (χ4v) is 3.02. The van der Waals surface area contributed by atoms with Crippen LogP contribution in [0, 0.1) is 13.8 Å². The number of hydrogen-bond acceptors (Lipinski definition) is 5. The van der Waals surface area contributed by atoms with E-state index in [-0.39, 0.29) is 12.1 Å². The molecule has 0 bridgehead atoms. The van der Waals surface area contributed by atoms with Crippen molar-refractivity contribution in [2.24, 2.45) is 0 Å². The van der Waals surface area contributed by atoms with Crippen molar-refractivity contribution in [1.82, 2.24) is 19.6 Å². The van der Waals surface area contributed by atoms with Crippen LogP contribution in [0.2, 0.25) is 0 Å². The molecule has 0 amide bonds. The summed E-state index contributed by atoms with van der Waals surface area (Å²) in [6.45, 7) is 5.82. The molecule has 6 nitrogen and oxygen atoms in total. The first kappa shape index (κ1) is 17.1. The monoisotopic (exact) mass is 338 g/mol. The Hall–Kier alpha value is -2.76. The standard InChI is InChI=1S/C19H22N4O2/c1-13(11-16-7-5-4-6-8-16)25-18(24)10-9-17-14(2)22-19-20-12-21-23(19)15(17)3/h4-8,12-13H,9-11H2,1-3H3. The molecule has 130 valence electrons. The van der Waals surface area contributed by atoms with Gasteiger partial charge in [0, 0.05) is 24.2 Å². The molecule has 0 N–H and O–H groups in total. The van der Waals surface area contributed by atoms with Crippen molar-refractivity contribution in [2.75, 3.05) is 0 Å². The van der Waals surface area contributed by atoms with Crippen molar-refractivity contribution in [2.45, 2.75) is 46.1 Å². The number of hydrogen-bond donors (Lipinski definition) is 0. The van der Waals surface area contributed by atoms with Crippen LogP contribution in [-0.2, 0) is 22.4 Å². The van der Waals surface area contributed by atoms with Crippen LogP contribution < -0.4 is 0 Å². The van der Waals surface area contributed by atoms with Gasteiger partial charge in [-0.25, -0.2) is 9.50 Å². The molecule has 2 aromatic heterocycles. The van der Waals surface area contributed by atoms with Crippen molar-refractivity contribution in [1.29, 1.82) is 0 Å². The first-order chi connectivity index (χ1) is 12.0. The van der Waals surface area contributed by atoms with Gasteiger partial charge in [0.1, 0.15) is 12.4 Å². The number of aryl methyl sites for hydroxylation is 2. The Bertz CT molecular complexity index is 874. The number of benzene rings is 1. The first-order valence-corrected chi connectivity index (χ1v) is 8.44. The normalized spacial score (nSPS) is 12.3. The molecule has 0 aliphatic carbocycles. The highest BCUT2D eigenvalue weighted by Gasteiger charge is 2.15. The van der Waals surface area contributed by atoms with E-state index in [2.05, 4.69) is 15.1 Å². The zero-order chi connectivity index (χ0) is 17.8. The van der Waals surface area contributed by atoms with E-state index in [1.807, 2.05) is 51.1 Å². The molecule has 25 heavy (non-hydrogen) atoms. The fraction of sp³-hybridized carbons (Fsp3) is 0.368. The summed E-state index contributed by atoms with van der Waals surface area (Å²) in [6.07, 6.45) is 2.96. The van der Waals surface area contributed by atoms with Gasteiger partial charge in [0.15, 0.2) is 0 Å². The Morgan fingerprint density at radius 3 is 2.76 bits per heavy atom. The van der Waals surface area contributed by atoms with Crippen LogP contribution in [0.15, 0.2) is 36.7 Å². The molecule has 0 saturated carbocycles. The second kappa shape index (κ2) is 7.42. The summed E-state index contributed by atoms with van der Waals surface area (Å²) < 4.78 is 7.23. The van der Waals surface area contributed by atoms with E-state index in [1.165, 1.54) is 6.33 Å². The third kappa shape index (κ3) is 4.02. The Morgan fingerprint density at radius 1 is 1.24 bits per heavy atom. The summed E-state index contributed by atoms with van der Waals surface area (Å²) in [5, 5.41) is 4.17. The van der Waals surface area contributed by atoms with Crippen molar-refractivity contribution < 1.29 is 9.53 Å². The summed E-state index contributed by atoms with van der Waals surface area (Å²) in [6, 6.07) is 10.0. The van der Waals surface area contributed by atoms with Crippen LogP contribution in [0.5, 0.6) is 0 Å². The highest BCUT2D eigenvalue weighted by atomic mass is 16.5. The summed E-state index contributed by atoms with van der Waals surface area (Å²) in [7, 11) is 0. The van der Waals surface area contributed by atoms with Crippen LogP contribution in [0.25, 0.3) is 5.78 Å². The van der Waals surface area contributed by atoms with Gasteiger partial charge in [0.2, 0.25) is 0 Å². The van der Waals surface area contributed by atoms with Gasteiger partial charge in [0.05, 0.1) is 0 Å². The van der Waals surface area contributed by atoms with E-state index >= 15 is 0 Å². The fourth-order valence-electron chi connectivity index (χ4n) is 3.02. The molecule has 0 aliphatic rings. The minimum Gasteiger partial charge on any atom is -0.462 e. The van der Waals surface area contributed by atoms with Crippen LogP contribution in [0.1, 0.15) is 35.9 Å².